The Morgan fingerprint density at radius 3 is 2.65 bits per heavy atom. The van der Waals surface area contributed by atoms with Gasteiger partial charge in [0.25, 0.3) is 0 Å². The smallest absolute Gasteiger partial charge is 0.213 e. The fourth-order valence-electron chi connectivity index (χ4n) is 1.34. The molecule has 0 aliphatic carbocycles. The topological polar surface area (TPSA) is 58.5 Å². The van der Waals surface area contributed by atoms with Crippen molar-refractivity contribution in [1.82, 2.24) is 15.6 Å². The Bertz CT molecular complexity index is 357. The summed E-state index contributed by atoms with van der Waals surface area (Å²) in [6.07, 6.45) is 1.73. The minimum absolute atomic E-state index is 0.605. The number of nitrogens with zero attached hydrogens (tertiary/aromatic N) is 2. The molecule has 0 fully saturated rings. The van der Waals surface area contributed by atoms with Gasteiger partial charge in [-0.05, 0) is 25.5 Å². The van der Waals surface area contributed by atoms with Gasteiger partial charge in [-0.3, -0.25) is 0 Å². The van der Waals surface area contributed by atoms with E-state index in [1.807, 2.05) is 26.0 Å². The lowest BCUT2D eigenvalue weighted by molar-refractivity contribution is 0.397. The number of methoxy groups -OCH3 is 1. The number of rotatable bonds is 5. The number of nitrogens with one attached hydrogen (secondary N) is 2. The summed E-state index contributed by atoms with van der Waals surface area (Å²) in [5.74, 6) is 1.44. The first-order valence-corrected chi connectivity index (χ1v) is 5.81. The third-order valence-corrected chi connectivity index (χ3v) is 2.12. The molecule has 0 bridgehead atoms. The van der Waals surface area contributed by atoms with E-state index in [1.54, 1.807) is 13.3 Å². The van der Waals surface area contributed by atoms with Crippen molar-refractivity contribution in [2.75, 3.05) is 20.2 Å². The number of aromatic nitrogens is 1. The predicted octanol–water partition coefficient (Wildman–Crippen LogP) is 1.17. The van der Waals surface area contributed by atoms with Gasteiger partial charge >= 0.3 is 0 Å². The fourth-order valence-corrected chi connectivity index (χ4v) is 1.34. The molecule has 0 aliphatic rings. The Kier molecular flexibility index (Phi) is 5.85. The van der Waals surface area contributed by atoms with Crippen LogP contribution in [0.1, 0.15) is 19.4 Å². The van der Waals surface area contributed by atoms with Crippen molar-refractivity contribution < 1.29 is 4.74 Å². The number of pyridine rings is 1. The van der Waals surface area contributed by atoms with Gasteiger partial charge in [-0.25, -0.2) is 9.98 Å². The van der Waals surface area contributed by atoms with Crippen molar-refractivity contribution in [1.29, 1.82) is 0 Å². The predicted molar refractivity (Wildman–Crippen MR) is 69.3 cm³/mol. The first-order valence-electron chi connectivity index (χ1n) is 5.81. The highest BCUT2D eigenvalue weighted by molar-refractivity contribution is 5.79. The molecule has 0 amide bonds. The Balaban J connectivity index is 2.64. The van der Waals surface area contributed by atoms with E-state index >= 15 is 0 Å². The minimum atomic E-state index is 0.605. The molecule has 0 saturated heterocycles. The largest absolute Gasteiger partial charge is 0.481 e. The highest BCUT2D eigenvalue weighted by Crippen LogP contribution is 2.09. The summed E-state index contributed by atoms with van der Waals surface area (Å²) in [5.41, 5.74) is 1.07. The SMILES string of the molecule is CCNC(=NCc1ccnc(OC)c1)NCC. The minimum Gasteiger partial charge on any atom is -0.481 e. The zero-order chi connectivity index (χ0) is 12.5. The summed E-state index contributed by atoms with van der Waals surface area (Å²) >= 11 is 0. The van der Waals surface area contributed by atoms with Gasteiger partial charge in [0.1, 0.15) is 0 Å². The zero-order valence-electron chi connectivity index (χ0n) is 10.7. The molecule has 5 nitrogen and oxygen atoms in total. The standard InChI is InChI=1S/C12H20N4O/c1-4-13-12(14-5-2)16-9-10-6-7-15-11(8-10)17-3/h6-8H,4-5,9H2,1-3H3,(H2,13,14,16). The van der Waals surface area contributed by atoms with E-state index in [4.69, 9.17) is 4.74 Å². The van der Waals surface area contributed by atoms with Gasteiger partial charge in [-0.15, -0.1) is 0 Å². The second-order valence-corrected chi connectivity index (χ2v) is 3.43. The van der Waals surface area contributed by atoms with Crippen LogP contribution in [0, 0.1) is 0 Å². The lowest BCUT2D eigenvalue weighted by Crippen LogP contribution is -2.36. The maximum absolute atomic E-state index is 5.07. The summed E-state index contributed by atoms with van der Waals surface area (Å²) < 4.78 is 5.07. The molecule has 2 N–H and O–H groups in total. The van der Waals surface area contributed by atoms with E-state index in [0.29, 0.717) is 12.4 Å². The van der Waals surface area contributed by atoms with Crippen LogP contribution in [-0.2, 0) is 6.54 Å². The molecule has 17 heavy (non-hydrogen) atoms. The van der Waals surface area contributed by atoms with Crippen LogP contribution >= 0.6 is 0 Å². The number of hydrogen-bond donors (Lipinski definition) is 2. The summed E-state index contributed by atoms with van der Waals surface area (Å²) in [6, 6.07) is 3.82. The number of ether oxygens (including phenoxy) is 1. The van der Waals surface area contributed by atoms with Crippen LogP contribution < -0.4 is 15.4 Å². The Morgan fingerprint density at radius 2 is 2.06 bits per heavy atom. The highest BCUT2D eigenvalue weighted by atomic mass is 16.5. The van der Waals surface area contributed by atoms with Crippen LogP contribution in [0.3, 0.4) is 0 Å². The molecule has 0 saturated carbocycles. The first kappa shape index (κ1) is 13.3. The second kappa shape index (κ2) is 7.49. The fraction of sp³-hybridized carbons (Fsp3) is 0.500. The van der Waals surface area contributed by atoms with Gasteiger partial charge in [0.05, 0.1) is 13.7 Å². The molecular formula is C12H20N4O. The second-order valence-electron chi connectivity index (χ2n) is 3.43. The van der Waals surface area contributed by atoms with E-state index in [-0.39, 0.29) is 0 Å². The normalized spacial score (nSPS) is 9.59. The molecule has 94 valence electrons. The number of aliphatic imine (C=N–C) groups is 1. The van der Waals surface area contributed by atoms with Crippen LogP contribution in [0.2, 0.25) is 0 Å². The molecule has 1 aromatic rings. The van der Waals surface area contributed by atoms with E-state index in [2.05, 4.69) is 20.6 Å². The van der Waals surface area contributed by atoms with Crippen molar-refractivity contribution >= 4 is 5.96 Å². The lowest BCUT2D eigenvalue weighted by atomic mass is 10.3. The molecule has 1 aromatic heterocycles. The molecule has 0 unspecified atom stereocenters. The molecule has 0 radical (unpaired) electrons. The molecule has 0 aromatic carbocycles. The Morgan fingerprint density at radius 1 is 1.35 bits per heavy atom. The van der Waals surface area contributed by atoms with E-state index in [1.165, 1.54) is 0 Å². The monoisotopic (exact) mass is 236 g/mol. The van der Waals surface area contributed by atoms with Crippen molar-refractivity contribution in [3.8, 4) is 5.88 Å². The van der Waals surface area contributed by atoms with Gasteiger partial charge in [-0.1, -0.05) is 0 Å². The lowest BCUT2D eigenvalue weighted by Gasteiger charge is -2.09. The summed E-state index contributed by atoms with van der Waals surface area (Å²) in [4.78, 5) is 8.52. The molecule has 0 spiro atoms. The third kappa shape index (κ3) is 4.72. The average molecular weight is 236 g/mol. The summed E-state index contributed by atoms with van der Waals surface area (Å²) in [6.45, 7) is 6.40. The summed E-state index contributed by atoms with van der Waals surface area (Å²) in [5, 5.41) is 6.35. The van der Waals surface area contributed by atoms with Crippen molar-refractivity contribution in [2.45, 2.75) is 20.4 Å². The van der Waals surface area contributed by atoms with E-state index in [0.717, 1.165) is 24.6 Å². The molecular weight excluding hydrogens is 216 g/mol. The third-order valence-electron chi connectivity index (χ3n) is 2.12. The summed E-state index contributed by atoms with van der Waals surface area (Å²) in [7, 11) is 1.61. The number of guanidine groups is 1. The average Bonchev–Trinajstić information content (AvgIpc) is 2.37. The van der Waals surface area contributed by atoms with Crippen molar-refractivity contribution in [3.63, 3.8) is 0 Å². The quantitative estimate of drug-likeness (QED) is 0.595. The molecule has 0 atom stereocenters. The molecule has 1 rings (SSSR count). The Hall–Kier alpha value is -1.78. The van der Waals surface area contributed by atoms with Crippen LogP contribution in [0.4, 0.5) is 0 Å². The van der Waals surface area contributed by atoms with E-state index in [9.17, 15) is 0 Å². The van der Waals surface area contributed by atoms with Crippen molar-refractivity contribution in [2.24, 2.45) is 4.99 Å². The van der Waals surface area contributed by atoms with Crippen LogP contribution in [0.15, 0.2) is 23.3 Å². The van der Waals surface area contributed by atoms with E-state index < -0.39 is 0 Å². The van der Waals surface area contributed by atoms with Gasteiger partial charge in [0.2, 0.25) is 5.88 Å². The van der Waals surface area contributed by atoms with Crippen LogP contribution in [0.5, 0.6) is 5.88 Å². The Labute approximate surface area is 102 Å². The van der Waals surface area contributed by atoms with Crippen LogP contribution in [-0.4, -0.2) is 31.1 Å². The molecule has 0 aliphatic heterocycles. The highest BCUT2D eigenvalue weighted by Gasteiger charge is 1.98. The maximum Gasteiger partial charge on any atom is 0.213 e. The van der Waals surface area contributed by atoms with Crippen molar-refractivity contribution in [3.05, 3.63) is 23.9 Å². The van der Waals surface area contributed by atoms with Gasteiger partial charge in [0, 0.05) is 25.4 Å². The zero-order valence-corrected chi connectivity index (χ0v) is 10.7. The maximum atomic E-state index is 5.07. The molecule has 1 heterocycles. The van der Waals surface area contributed by atoms with Gasteiger partial charge in [0.15, 0.2) is 5.96 Å². The van der Waals surface area contributed by atoms with Gasteiger partial charge < -0.3 is 15.4 Å². The van der Waals surface area contributed by atoms with Gasteiger partial charge in [-0.2, -0.15) is 0 Å². The molecule has 5 heteroatoms. The first-order chi connectivity index (χ1) is 8.30. The van der Waals surface area contributed by atoms with Crippen LogP contribution in [0.25, 0.3) is 0 Å². The number of hydrogen-bond acceptors (Lipinski definition) is 3.